The lowest BCUT2D eigenvalue weighted by atomic mass is 10.0. The quantitative estimate of drug-likeness (QED) is 0.727. The molecule has 0 aromatic heterocycles. The maximum absolute atomic E-state index is 12.1. The summed E-state index contributed by atoms with van der Waals surface area (Å²) in [6, 6.07) is 2.73. The first-order valence-electron chi connectivity index (χ1n) is 6.22. The van der Waals surface area contributed by atoms with Gasteiger partial charge < -0.3 is 20.3 Å². The largest absolute Gasteiger partial charge is 0.497 e. The van der Waals surface area contributed by atoms with Crippen LogP contribution in [0.25, 0.3) is 0 Å². The Hall–Kier alpha value is -2.57. The third-order valence-corrected chi connectivity index (χ3v) is 2.87. The summed E-state index contributed by atoms with van der Waals surface area (Å²) < 4.78 is 4.94. The van der Waals surface area contributed by atoms with Gasteiger partial charge in [0, 0.05) is 5.56 Å². The zero-order valence-corrected chi connectivity index (χ0v) is 11.9. The number of ether oxygens (including phenoxy) is 1. The average molecular weight is 295 g/mol. The van der Waals surface area contributed by atoms with Crippen LogP contribution in [0.2, 0.25) is 0 Å². The number of aromatic carboxylic acids is 1. The van der Waals surface area contributed by atoms with Gasteiger partial charge in [-0.15, -0.1) is 0 Å². The van der Waals surface area contributed by atoms with Crippen molar-refractivity contribution in [2.45, 2.75) is 19.9 Å². The van der Waals surface area contributed by atoms with Crippen molar-refractivity contribution in [2.24, 2.45) is 5.92 Å². The smallest absolute Gasteiger partial charge is 0.335 e. The topological polar surface area (TPSA) is 113 Å². The van der Waals surface area contributed by atoms with Gasteiger partial charge in [-0.25, -0.2) is 9.59 Å². The summed E-state index contributed by atoms with van der Waals surface area (Å²) in [5.74, 6) is -3.13. The maximum atomic E-state index is 12.1. The molecular formula is C14H17NO6. The van der Waals surface area contributed by atoms with Crippen molar-refractivity contribution in [3.8, 4) is 5.75 Å². The first-order valence-corrected chi connectivity index (χ1v) is 6.22. The Kier molecular flexibility index (Phi) is 5.29. The summed E-state index contributed by atoms with van der Waals surface area (Å²) in [7, 11) is 1.34. The molecule has 0 spiro atoms. The van der Waals surface area contributed by atoms with Gasteiger partial charge in [0.2, 0.25) is 0 Å². The molecule has 0 radical (unpaired) electrons. The molecule has 0 saturated carbocycles. The van der Waals surface area contributed by atoms with Gasteiger partial charge in [-0.05, 0) is 24.1 Å². The Morgan fingerprint density at radius 2 is 1.67 bits per heavy atom. The Bertz CT molecular complexity index is 567. The Morgan fingerprint density at radius 1 is 1.10 bits per heavy atom. The third-order valence-electron chi connectivity index (χ3n) is 2.87. The second-order valence-corrected chi connectivity index (χ2v) is 4.79. The van der Waals surface area contributed by atoms with Crippen LogP contribution in [0.4, 0.5) is 0 Å². The molecule has 1 atom stereocenters. The summed E-state index contributed by atoms with van der Waals surface area (Å²) in [6.07, 6.45) is 0. The van der Waals surface area contributed by atoms with Crippen molar-refractivity contribution in [3.05, 3.63) is 29.3 Å². The Labute approximate surface area is 121 Å². The van der Waals surface area contributed by atoms with E-state index in [2.05, 4.69) is 5.32 Å². The maximum Gasteiger partial charge on any atom is 0.335 e. The number of carbonyl (C=O) groups is 3. The molecule has 0 aliphatic heterocycles. The SMILES string of the molecule is COc1cc(C(=O)O)cc(C(=O)N[C@H](C(=O)O)C(C)C)c1. The normalized spacial score (nSPS) is 11.8. The van der Waals surface area contributed by atoms with E-state index in [1.807, 2.05) is 0 Å². The molecule has 21 heavy (non-hydrogen) atoms. The number of benzene rings is 1. The molecule has 1 amide bonds. The lowest BCUT2D eigenvalue weighted by molar-refractivity contribution is -0.140. The molecular weight excluding hydrogens is 278 g/mol. The number of carboxylic acids is 2. The molecule has 7 heteroatoms. The molecule has 0 aliphatic carbocycles. The van der Waals surface area contributed by atoms with Gasteiger partial charge in [-0.2, -0.15) is 0 Å². The van der Waals surface area contributed by atoms with Crippen LogP contribution in [0, 0.1) is 5.92 Å². The van der Waals surface area contributed by atoms with E-state index in [9.17, 15) is 14.4 Å². The fourth-order valence-electron chi connectivity index (χ4n) is 1.71. The van der Waals surface area contributed by atoms with Gasteiger partial charge >= 0.3 is 11.9 Å². The van der Waals surface area contributed by atoms with E-state index in [1.165, 1.54) is 25.3 Å². The fourth-order valence-corrected chi connectivity index (χ4v) is 1.71. The van der Waals surface area contributed by atoms with E-state index in [0.717, 1.165) is 0 Å². The predicted molar refractivity (Wildman–Crippen MR) is 73.7 cm³/mol. The van der Waals surface area contributed by atoms with E-state index in [1.54, 1.807) is 13.8 Å². The van der Waals surface area contributed by atoms with Gasteiger partial charge in [0.05, 0.1) is 12.7 Å². The van der Waals surface area contributed by atoms with Crippen LogP contribution in [0.15, 0.2) is 18.2 Å². The lowest BCUT2D eigenvalue weighted by Gasteiger charge is -2.18. The number of carboxylic acid groups (broad SMARTS) is 2. The molecule has 0 fully saturated rings. The summed E-state index contributed by atoms with van der Waals surface area (Å²) in [4.78, 5) is 34.2. The standard InChI is InChI=1S/C14H17NO6/c1-7(2)11(14(19)20)15-12(16)8-4-9(13(17)18)6-10(5-8)21-3/h4-7,11H,1-3H3,(H,15,16)(H,17,18)(H,19,20)/t11-/m0/s1. The molecule has 1 rings (SSSR count). The molecule has 7 nitrogen and oxygen atoms in total. The number of hydrogen-bond donors (Lipinski definition) is 3. The summed E-state index contributed by atoms with van der Waals surface area (Å²) in [5.41, 5.74) is -0.0884. The molecule has 114 valence electrons. The van der Waals surface area contributed by atoms with Crippen LogP contribution in [-0.2, 0) is 4.79 Å². The predicted octanol–water partition coefficient (Wildman–Crippen LogP) is 1.23. The molecule has 0 heterocycles. The first kappa shape index (κ1) is 16.5. The van der Waals surface area contributed by atoms with Crippen LogP contribution in [0.5, 0.6) is 5.75 Å². The molecule has 0 saturated heterocycles. The van der Waals surface area contributed by atoms with Crippen LogP contribution < -0.4 is 10.1 Å². The highest BCUT2D eigenvalue weighted by Gasteiger charge is 2.24. The molecule has 3 N–H and O–H groups in total. The molecule has 0 aliphatic rings. The molecule has 1 aromatic rings. The summed E-state index contributed by atoms with van der Waals surface area (Å²) in [5, 5.41) is 20.4. The van der Waals surface area contributed by atoms with Crippen LogP contribution in [-0.4, -0.2) is 41.2 Å². The third kappa shape index (κ3) is 4.20. The van der Waals surface area contributed by atoms with E-state index in [0.29, 0.717) is 0 Å². The van der Waals surface area contributed by atoms with Crippen LogP contribution in [0.3, 0.4) is 0 Å². The minimum absolute atomic E-state index is 0.0265. The van der Waals surface area contributed by atoms with E-state index < -0.39 is 23.9 Å². The molecule has 0 unspecified atom stereocenters. The number of rotatable bonds is 6. The second-order valence-electron chi connectivity index (χ2n) is 4.79. The monoisotopic (exact) mass is 295 g/mol. The molecule has 1 aromatic carbocycles. The summed E-state index contributed by atoms with van der Waals surface area (Å²) in [6.45, 7) is 3.32. The number of amides is 1. The first-order chi connectivity index (χ1) is 9.76. The van der Waals surface area contributed by atoms with Gasteiger partial charge in [-0.3, -0.25) is 4.79 Å². The number of carbonyl (C=O) groups excluding carboxylic acids is 1. The zero-order valence-electron chi connectivity index (χ0n) is 11.9. The fraction of sp³-hybridized carbons (Fsp3) is 0.357. The number of nitrogens with one attached hydrogen (secondary N) is 1. The van der Waals surface area contributed by atoms with E-state index in [-0.39, 0.29) is 22.8 Å². The number of aliphatic carboxylic acids is 1. The zero-order chi connectivity index (χ0) is 16.2. The van der Waals surface area contributed by atoms with Crippen molar-refractivity contribution in [1.29, 1.82) is 0 Å². The Morgan fingerprint density at radius 3 is 2.10 bits per heavy atom. The highest BCUT2D eigenvalue weighted by Crippen LogP contribution is 2.17. The molecule has 0 bridgehead atoms. The number of methoxy groups -OCH3 is 1. The van der Waals surface area contributed by atoms with Crippen LogP contribution in [0.1, 0.15) is 34.6 Å². The van der Waals surface area contributed by atoms with Crippen molar-refractivity contribution >= 4 is 17.8 Å². The van der Waals surface area contributed by atoms with Gasteiger partial charge in [0.15, 0.2) is 0 Å². The highest BCUT2D eigenvalue weighted by molar-refractivity contribution is 5.99. The van der Waals surface area contributed by atoms with E-state index in [4.69, 9.17) is 14.9 Å². The highest BCUT2D eigenvalue weighted by atomic mass is 16.5. The Balaban J connectivity index is 3.09. The second kappa shape index (κ2) is 6.74. The van der Waals surface area contributed by atoms with Crippen molar-refractivity contribution in [1.82, 2.24) is 5.32 Å². The van der Waals surface area contributed by atoms with Crippen LogP contribution >= 0.6 is 0 Å². The summed E-state index contributed by atoms with van der Waals surface area (Å²) >= 11 is 0. The minimum atomic E-state index is -1.21. The van der Waals surface area contributed by atoms with E-state index >= 15 is 0 Å². The van der Waals surface area contributed by atoms with Crippen molar-refractivity contribution < 1.29 is 29.3 Å². The van der Waals surface area contributed by atoms with Crippen molar-refractivity contribution in [2.75, 3.05) is 7.11 Å². The lowest BCUT2D eigenvalue weighted by Crippen LogP contribution is -2.44. The minimum Gasteiger partial charge on any atom is -0.497 e. The van der Waals surface area contributed by atoms with Gasteiger partial charge in [0.1, 0.15) is 11.8 Å². The number of hydrogen-bond acceptors (Lipinski definition) is 4. The van der Waals surface area contributed by atoms with Gasteiger partial charge in [-0.1, -0.05) is 13.8 Å². The van der Waals surface area contributed by atoms with Gasteiger partial charge in [0.25, 0.3) is 5.91 Å². The average Bonchev–Trinajstić information content (AvgIpc) is 2.42. The van der Waals surface area contributed by atoms with Crippen molar-refractivity contribution in [3.63, 3.8) is 0 Å².